The molecule has 1 aliphatic rings. The van der Waals surface area contributed by atoms with Gasteiger partial charge in [-0.05, 0) is 23.4 Å². The van der Waals surface area contributed by atoms with Crippen molar-refractivity contribution < 1.29 is 19.2 Å². The third-order valence-electron chi connectivity index (χ3n) is 3.62. The van der Waals surface area contributed by atoms with E-state index in [1.165, 1.54) is 25.6 Å². The minimum Gasteiger partial charge on any atom is -0.466 e. The third kappa shape index (κ3) is 5.11. The first-order chi connectivity index (χ1) is 14.0. The van der Waals surface area contributed by atoms with Crippen molar-refractivity contribution >= 4 is 40.7 Å². The number of amides is 1. The Hall–Kier alpha value is -3.86. The lowest BCUT2D eigenvalue weighted by molar-refractivity contribution is -0.385. The number of esters is 1. The first-order valence-electron chi connectivity index (χ1n) is 8.07. The van der Waals surface area contributed by atoms with Crippen molar-refractivity contribution in [2.24, 2.45) is 10.2 Å². The van der Waals surface area contributed by atoms with Crippen LogP contribution in [0.2, 0.25) is 0 Å². The fourth-order valence-corrected chi connectivity index (χ4v) is 2.93. The molecule has 0 radical (unpaired) electrons. The molecule has 0 aliphatic carbocycles. The van der Waals surface area contributed by atoms with E-state index in [4.69, 9.17) is 0 Å². The maximum absolute atomic E-state index is 11.7. The number of nitrogens with one attached hydrogen (secondary N) is 1. The third-order valence-corrected chi connectivity index (χ3v) is 4.52. The first-order valence-corrected chi connectivity index (χ1v) is 8.88. The Morgan fingerprint density at radius 3 is 2.66 bits per heavy atom. The van der Waals surface area contributed by atoms with Gasteiger partial charge in [0.15, 0.2) is 5.17 Å². The fraction of sp³-hybridized carbons (Fsp3) is 0.0556. The predicted octanol–water partition coefficient (Wildman–Crippen LogP) is 2.27. The highest BCUT2D eigenvalue weighted by Crippen LogP contribution is 2.23. The topological polar surface area (TPSA) is 136 Å². The summed E-state index contributed by atoms with van der Waals surface area (Å²) >= 11 is 0.980. The Kier molecular flexibility index (Phi) is 6.09. The fourth-order valence-electron chi connectivity index (χ4n) is 2.19. The Balaban J connectivity index is 1.65. The maximum Gasteiger partial charge on any atom is 0.331 e. The SMILES string of the molecule is COC(=O)/C=C1/S/C(=N\N=Cc2ccc(-c3ccc([N+](=O)[O-])cn3)cc2)NC1=O. The van der Waals surface area contributed by atoms with Crippen molar-refractivity contribution in [3.8, 4) is 11.3 Å². The van der Waals surface area contributed by atoms with E-state index in [0.717, 1.165) is 29.0 Å². The summed E-state index contributed by atoms with van der Waals surface area (Å²) in [4.78, 5) is 37.3. The lowest BCUT2D eigenvalue weighted by Gasteiger charge is -2.00. The summed E-state index contributed by atoms with van der Waals surface area (Å²) in [6, 6.07) is 10.1. The van der Waals surface area contributed by atoms with Gasteiger partial charge in [0.25, 0.3) is 11.6 Å². The average Bonchev–Trinajstić information content (AvgIpc) is 3.07. The van der Waals surface area contributed by atoms with Crippen LogP contribution in [0.1, 0.15) is 5.56 Å². The summed E-state index contributed by atoms with van der Waals surface area (Å²) in [5, 5.41) is 21.2. The van der Waals surface area contributed by atoms with Gasteiger partial charge in [-0.2, -0.15) is 5.10 Å². The Morgan fingerprint density at radius 1 is 1.28 bits per heavy atom. The van der Waals surface area contributed by atoms with Crippen LogP contribution in [0.4, 0.5) is 5.69 Å². The van der Waals surface area contributed by atoms with Crippen LogP contribution >= 0.6 is 11.8 Å². The second kappa shape index (κ2) is 8.89. The molecule has 0 bridgehead atoms. The molecule has 11 heteroatoms. The van der Waals surface area contributed by atoms with Gasteiger partial charge in [-0.15, -0.1) is 5.10 Å². The van der Waals surface area contributed by atoms with E-state index in [9.17, 15) is 19.7 Å². The number of nitro groups is 1. The van der Waals surface area contributed by atoms with Crippen LogP contribution in [0.15, 0.2) is 63.8 Å². The van der Waals surface area contributed by atoms with Gasteiger partial charge in [0.1, 0.15) is 6.20 Å². The maximum atomic E-state index is 11.7. The van der Waals surface area contributed by atoms with Gasteiger partial charge in [-0.25, -0.2) is 9.78 Å². The molecule has 1 N–H and O–H groups in total. The smallest absolute Gasteiger partial charge is 0.331 e. The van der Waals surface area contributed by atoms with Gasteiger partial charge >= 0.3 is 5.97 Å². The Labute approximate surface area is 168 Å². The van der Waals surface area contributed by atoms with E-state index in [1.54, 1.807) is 30.3 Å². The minimum atomic E-state index is -0.630. The predicted molar refractivity (Wildman–Crippen MR) is 107 cm³/mol. The minimum absolute atomic E-state index is 0.0712. The number of carbonyl (C=O) groups is 2. The standard InChI is InChI=1S/C18H13N5O5S/c1-28-16(24)8-15-17(25)21-18(29-15)22-20-9-11-2-4-12(5-3-11)14-7-6-13(10-19-14)23(26)27/h2-10H,1H3,(H,21,22,25)/b15-8+,20-9?. The molecule has 1 aliphatic heterocycles. The number of pyridine rings is 1. The lowest BCUT2D eigenvalue weighted by Crippen LogP contribution is -2.19. The quantitative estimate of drug-likeness (QED) is 0.262. The highest BCUT2D eigenvalue weighted by Gasteiger charge is 2.24. The molecular weight excluding hydrogens is 398 g/mol. The second-order valence-corrected chi connectivity index (χ2v) is 6.55. The number of aromatic nitrogens is 1. The molecule has 29 heavy (non-hydrogen) atoms. The monoisotopic (exact) mass is 411 g/mol. The molecule has 0 spiro atoms. The molecule has 0 atom stereocenters. The zero-order valence-electron chi connectivity index (χ0n) is 14.9. The van der Waals surface area contributed by atoms with Crippen molar-refractivity contribution in [1.82, 2.24) is 10.3 Å². The van der Waals surface area contributed by atoms with Crippen LogP contribution in [-0.2, 0) is 14.3 Å². The molecule has 10 nitrogen and oxygen atoms in total. The van der Waals surface area contributed by atoms with Crippen LogP contribution in [0.5, 0.6) is 0 Å². The van der Waals surface area contributed by atoms with Crippen molar-refractivity contribution in [3.63, 3.8) is 0 Å². The second-order valence-electron chi connectivity index (χ2n) is 5.52. The molecule has 3 rings (SSSR count). The zero-order chi connectivity index (χ0) is 20.8. The normalized spacial score (nSPS) is 16.4. The number of amidine groups is 1. The number of benzene rings is 1. The number of carbonyl (C=O) groups excluding carboxylic acids is 2. The van der Waals surface area contributed by atoms with Crippen molar-refractivity contribution in [3.05, 3.63) is 69.3 Å². The van der Waals surface area contributed by atoms with E-state index in [1.807, 2.05) is 0 Å². The van der Waals surface area contributed by atoms with E-state index < -0.39 is 16.8 Å². The molecule has 0 saturated carbocycles. The number of thioether (sulfide) groups is 1. The zero-order valence-corrected chi connectivity index (χ0v) is 15.8. The number of hydrogen-bond acceptors (Lipinski definition) is 9. The molecule has 1 aromatic carbocycles. The largest absolute Gasteiger partial charge is 0.466 e. The van der Waals surface area contributed by atoms with Gasteiger partial charge in [0.05, 0.1) is 28.8 Å². The van der Waals surface area contributed by atoms with Gasteiger partial charge in [0, 0.05) is 17.7 Å². The van der Waals surface area contributed by atoms with Crippen LogP contribution in [-0.4, -0.2) is 40.3 Å². The lowest BCUT2D eigenvalue weighted by atomic mass is 10.1. The number of ether oxygens (including phenoxy) is 1. The number of hydrogen-bond donors (Lipinski definition) is 1. The molecule has 146 valence electrons. The Bertz CT molecular complexity index is 1050. The molecule has 2 heterocycles. The Morgan fingerprint density at radius 2 is 2.03 bits per heavy atom. The van der Waals surface area contributed by atoms with Crippen LogP contribution in [0.3, 0.4) is 0 Å². The van der Waals surface area contributed by atoms with E-state index >= 15 is 0 Å². The van der Waals surface area contributed by atoms with E-state index in [-0.39, 0.29) is 15.8 Å². The van der Waals surface area contributed by atoms with Crippen LogP contribution < -0.4 is 5.32 Å². The summed E-state index contributed by atoms with van der Waals surface area (Å²) in [5.74, 6) is -1.08. The van der Waals surface area contributed by atoms with Gasteiger partial charge in [-0.3, -0.25) is 20.2 Å². The summed E-state index contributed by atoms with van der Waals surface area (Å²) in [7, 11) is 1.22. The van der Waals surface area contributed by atoms with Gasteiger partial charge in [-0.1, -0.05) is 24.3 Å². The van der Waals surface area contributed by atoms with Crippen molar-refractivity contribution in [1.29, 1.82) is 0 Å². The van der Waals surface area contributed by atoms with E-state index in [2.05, 4.69) is 25.2 Å². The summed E-state index contributed by atoms with van der Waals surface area (Å²) in [6.45, 7) is 0. The van der Waals surface area contributed by atoms with E-state index in [0.29, 0.717) is 5.69 Å². The highest BCUT2D eigenvalue weighted by atomic mass is 32.2. The molecule has 1 saturated heterocycles. The van der Waals surface area contributed by atoms with Crippen LogP contribution in [0, 0.1) is 10.1 Å². The molecule has 1 amide bonds. The van der Waals surface area contributed by atoms with Crippen molar-refractivity contribution in [2.45, 2.75) is 0 Å². The molecule has 1 fully saturated rings. The average molecular weight is 411 g/mol. The van der Waals surface area contributed by atoms with Crippen LogP contribution in [0.25, 0.3) is 11.3 Å². The van der Waals surface area contributed by atoms with Gasteiger partial charge in [0.2, 0.25) is 0 Å². The van der Waals surface area contributed by atoms with Crippen molar-refractivity contribution in [2.75, 3.05) is 7.11 Å². The first kappa shape index (κ1) is 19.9. The number of nitrogens with zero attached hydrogens (tertiary/aromatic N) is 4. The molecule has 2 aromatic rings. The summed E-state index contributed by atoms with van der Waals surface area (Å²) < 4.78 is 4.48. The number of rotatable bonds is 5. The molecule has 0 unspecified atom stereocenters. The summed E-state index contributed by atoms with van der Waals surface area (Å²) in [5.41, 5.74) is 2.08. The highest BCUT2D eigenvalue weighted by molar-refractivity contribution is 8.18. The summed E-state index contributed by atoms with van der Waals surface area (Å²) in [6.07, 6.45) is 3.78. The number of methoxy groups -OCH3 is 1. The van der Waals surface area contributed by atoms with Gasteiger partial charge < -0.3 is 4.74 Å². The molecule has 1 aromatic heterocycles. The molecular formula is C18H13N5O5S.